The molecular weight excluding hydrogens is 274 g/mol. The van der Waals surface area contributed by atoms with E-state index in [4.69, 9.17) is 0 Å². The molecule has 2 atom stereocenters. The molecule has 0 saturated carbocycles. The van der Waals surface area contributed by atoms with Crippen LogP contribution in [0.1, 0.15) is 12.8 Å². The predicted molar refractivity (Wildman–Crippen MR) is 78.0 cm³/mol. The minimum absolute atomic E-state index is 0.0483. The molecule has 1 fully saturated rings. The largest absolute Gasteiger partial charge is 0.390 e. The SMILES string of the molecule is CN(C)C1CCCN(CC(O)Cn2cc([N+](=O)[O-])cn2)C1. The van der Waals surface area contributed by atoms with Gasteiger partial charge in [0.15, 0.2) is 0 Å². The maximum atomic E-state index is 10.6. The molecule has 2 heterocycles. The summed E-state index contributed by atoms with van der Waals surface area (Å²) in [4.78, 5) is 14.6. The summed E-state index contributed by atoms with van der Waals surface area (Å²) in [5, 5.41) is 24.6. The smallest absolute Gasteiger partial charge is 0.306 e. The van der Waals surface area contributed by atoms with Crippen LogP contribution in [0.25, 0.3) is 0 Å². The van der Waals surface area contributed by atoms with Gasteiger partial charge in [0, 0.05) is 19.1 Å². The molecule has 0 aromatic carbocycles. The highest BCUT2D eigenvalue weighted by Crippen LogP contribution is 2.14. The average molecular weight is 297 g/mol. The summed E-state index contributed by atoms with van der Waals surface area (Å²) in [5.41, 5.74) is -0.0483. The highest BCUT2D eigenvalue weighted by molar-refractivity contribution is 5.20. The molecule has 2 unspecified atom stereocenters. The van der Waals surface area contributed by atoms with Crippen molar-refractivity contribution in [3.8, 4) is 0 Å². The van der Waals surface area contributed by atoms with E-state index in [-0.39, 0.29) is 12.2 Å². The van der Waals surface area contributed by atoms with Crippen molar-refractivity contribution in [1.82, 2.24) is 19.6 Å². The first-order valence-corrected chi connectivity index (χ1v) is 7.19. The van der Waals surface area contributed by atoms with E-state index in [9.17, 15) is 15.2 Å². The molecule has 8 nitrogen and oxygen atoms in total. The number of likely N-dealkylation sites (tertiary alicyclic amines) is 1. The Hall–Kier alpha value is -1.51. The van der Waals surface area contributed by atoms with Crippen LogP contribution in [-0.2, 0) is 6.54 Å². The Kier molecular flexibility index (Phi) is 5.27. The van der Waals surface area contributed by atoms with Crippen LogP contribution in [0.4, 0.5) is 5.69 Å². The van der Waals surface area contributed by atoms with E-state index in [1.54, 1.807) is 0 Å². The summed E-state index contributed by atoms with van der Waals surface area (Å²) in [6.07, 6.45) is 4.29. The van der Waals surface area contributed by atoms with Crippen molar-refractivity contribution in [2.24, 2.45) is 0 Å². The van der Waals surface area contributed by atoms with Gasteiger partial charge in [-0.2, -0.15) is 5.10 Å². The van der Waals surface area contributed by atoms with Gasteiger partial charge in [0.25, 0.3) is 0 Å². The van der Waals surface area contributed by atoms with Gasteiger partial charge in [-0.05, 0) is 33.5 Å². The number of hydrogen-bond donors (Lipinski definition) is 1. The van der Waals surface area contributed by atoms with Gasteiger partial charge in [-0.25, -0.2) is 0 Å². The quantitative estimate of drug-likeness (QED) is 0.595. The Morgan fingerprint density at radius 3 is 2.95 bits per heavy atom. The molecule has 0 radical (unpaired) electrons. The van der Waals surface area contributed by atoms with Crippen LogP contribution < -0.4 is 0 Å². The van der Waals surface area contributed by atoms with Gasteiger partial charge in [-0.15, -0.1) is 0 Å². The molecule has 21 heavy (non-hydrogen) atoms. The van der Waals surface area contributed by atoms with Crippen LogP contribution in [0.15, 0.2) is 12.4 Å². The normalized spacial score (nSPS) is 21.6. The lowest BCUT2D eigenvalue weighted by atomic mass is 10.0. The van der Waals surface area contributed by atoms with Crippen LogP contribution in [0, 0.1) is 10.1 Å². The third-order valence-electron chi connectivity index (χ3n) is 3.91. The van der Waals surface area contributed by atoms with E-state index in [1.807, 2.05) is 0 Å². The maximum absolute atomic E-state index is 10.6. The molecule has 1 aromatic heterocycles. The van der Waals surface area contributed by atoms with Gasteiger partial charge in [-0.1, -0.05) is 0 Å². The topological polar surface area (TPSA) is 87.7 Å². The fourth-order valence-corrected chi connectivity index (χ4v) is 2.74. The number of aromatic nitrogens is 2. The highest BCUT2D eigenvalue weighted by Gasteiger charge is 2.23. The highest BCUT2D eigenvalue weighted by atomic mass is 16.6. The second-order valence-corrected chi connectivity index (χ2v) is 5.85. The van der Waals surface area contributed by atoms with Gasteiger partial charge in [-0.3, -0.25) is 19.7 Å². The van der Waals surface area contributed by atoms with Crippen molar-refractivity contribution in [3.05, 3.63) is 22.5 Å². The molecule has 0 amide bonds. The Balaban J connectivity index is 1.83. The maximum Gasteiger partial charge on any atom is 0.306 e. The van der Waals surface area contributed by atoms with Crippen molar-refractivity contribution in [2.75, 3.05) is 33.7 Å². The third kappa shape index (κ3) is 4.48. The number of likely N-dealkylation sites (N-methyl/N-ethyl adjacent to an activating group) is 1. The fraction of sp³-hybridized carbons (Fsp3) is 0.769. The summed E-state index contributed by atoms with van der Waals surface area (Å²) in [7, 11) is 4.15. The third-order valence-corrected chi connectivity index (χ3v) is 3.91. The Morgan fingerprint density at radius 1 is 1.57 bits per heavy atom. The molecule has 1 aliphatic heterocycles. The summed E-state index contributed by atoms with van der Waals surface area (Å²) in [6.45, 7) is 2.78. The Bertz CT molecular complexity index is 476. The molecular formula is C13H23N5O3. The zero-order valence-electron chi connectivity index (χ0n) is 12.6. The van der Waals surface area contributed by atoms with Crippen molar-refractivity contribution in [2.45, 2.75) is 31.5 Å². The number of nitro groups is 1. The van der Waals surface area contributed by atoms with Crippen LogP contribution in [0.3, 0.4) is 0 Å². The number of rotatable bonds is 6. The van der Waals surface area contributed by atoms with Crippen LogP contribution in [0.5, 0.6) is 0 Å². The molecule has 0 spiro atoms. The summed E-state index contributed by atoms with van der Waals surface area (Å²) in [5.74, 6) is 0. The van der Waals surface area contributed by atoms with Gasteiger partial charge >= 0.3 is 5.69 Å². The molecule has 0 bridgehead atoms. The molecule has 118 valence electrons. The number of hydrogen-bond acceptors (Lipinski definition) is 6. The minimum Gasteiger partial charge on any atom is -0.390 e. The van der Waals surface area contributed by atoms with Gasteiger partial charge in [0.1, 0.15) is 12.4 Å². The van der Waals surface area contributed by atoms with Crippen LogP contribution in [-0.4, -0.2) is 75.5 Å². The average Bonchev–Trinajstić information content (AvgIpc) is 2.87. The number of β-amino-alcohol motifs (C(OH)–C–C–N with tert-alkyl or cyclic N) is 1. The molecule has 1 aromatic rings. The second kappa shape index (κ2) is 6.97. The minimum atomic E-state index is -0.578. The standard InChI is InChI=1S/C13H23N5O3/c1-15(2)11-4-3-5-16(7-11)9-13(19)10-17-8-12(6-14-17)18(20)21/h6,8,11,13,19H,3-5,7,9-10H2,1-2H3. The number of nitrogens with zero attached hydrogens (tertiary/aromatic N) is 5. The van der Waals surface area contributed by atoms with Crippen molar-refractivity contribution < 1.29 is 10.0 Å². The first kappa shape index (κ1) is 15.9. The lowest BCUT2D eigenvalue weighted by Gasteiger charge is -2.36. The van der Waals surface area contributed by atoms with Crippen molar-refractivity contribution in [1.29, 1.82) is 0 Å². The van der Waals surface area contributed by atoms with Crippen molar-refractivity contribution in [3.63, 3.8) is 0 Å². The zero-order chi connectivity index (χ0) is 15.4. The van der Waals surface area contributed by atoms with E-state index in [1.165, 1.54) is 23.5 Å². The fourth-order valence-electron chi connectivity index (χ4n) is 2.74. The predicted octanol–water partition coefficient (Wildman–Crippen LogP) is 0.178. The van der Waals surface area contributed by atoms with Crippen molar-refractivity contribution >= 4 is 5.69 Å². The number of aliphatic hydroxyl groups is 1. The van der Waals surface area contributed by atoms with E-state index in [0.29, 0.717) is 12.6 Å². The van der Waals surface area contributed by atoms with Crippen LogP contribution in [0.2, 0.25) is 0 Å². The number of piperidine rings is 1. The molecule has 1 N–H and O–H groups in total. The molecule has 8 heteroatoms. The molecule has 1 aliphatic rings. The Morgan fingerprint density at radius 2 is 2.33 bits per heavy atom. The van der Waals surface area contributed by atoms with Gasteiger partial charge in [0.2, 0.25) is 0 Å². The lowest BCUT2D eigenvalue weighted by molar-refractivity contribution is -0.385. The van der Waals surface area contributed by atoms with E-state index in [2.05, 4.69) is 29.0 Å². The second-order valence-electron chi connectivity index (χ2n) is 5.85. The zero-order valence-corrected chi connectivity index (χ0v) is 12.6. The molecule has 0 aliphatic carbocycles. The molecule has 2 rings (SSSR count). The first-order valence-electron chi connectivity index (χ1n) is 7.19. The molecule has 1 saturated heterocycles. The number of aliphatic hydroxyl groups excluding tert-OH is 1. The van der Waals surface area contributed by atoms with Gasteiger partial charge < -0.3 is 10.0 Å². The first-order chi connectivity index (χ1) is 9.95. The Labute approximate surface area is 124 Å². The summed E-state index contributed by atoms with van der Waals surface area (Å²) >= 11 is 0. The van der Waals surface area contributed by atoms with E-state index >= 15 is 0 Å². The van der Waals surface area contributed by atoms with Crippen LogP contribution >= 0.6 is 0 Å². The van der Waals surface area contributed by atoms with E-state index < -0.39 is 11.0 Å². The van der Waals surface area contributed by atoms with E-state index in [0.717, 1.165) is 19.5 Å². The lowest BCUT2D eigenvalue weighted by Crippen LogP contribution is -2.47. The monoisotopic (exact) mass is 297 g/mol. The summed E-state index contributed by atoms with van der Waals surface area (Å²) < 4.78 is 1.43. The van der Waals surface area contributed by atoms with Gasteiger partial charge in [0.05, 0.1) is 17.6 Å². The summed E-state index contributed by atoms with van der Waals surface area (Å²) in [6, 6.07) is 0.525.